The highest BCUT2D eigenvalue weighted by molar-refractivity contribution is 5.45. The van der Waals surface area contributed by atoms with Crippen LogP contribution in [0.2, 0.25) is 0 Å². The first-order valence-corrected chi connectivity index (χ1v) is 24.4. The van der Waals surface area contributed by atoms with Crippen molar-refractivity contribution < 1.29 is 0 Å². The van der Waals surface area contributed by atoms with Gasteiger partial charge in [-0.1, -0.05) is 105 Å². The molecule has 0 aromatic rings. The lowest BCUT2D eigenvalue weighted by Gasteiger charge is -2.51. The average Bonchev–Trinajstić information content (AvgIpc) is 3.60. The van der Waals surface area contributed by atoms with Gasteiger partial charge in [0.2, 0.25) is 0 Å². The molecule has 294 valence electrons. The third-order valence-corrected chi connectivity index (χ3v) is 18.2. The molecule has 54 heavy (non-hydrogen) atoms. The van der Waals surface area contributed by atoms with Crippen molar-refractivity contribution in [1.29, 1.82) is 0 Å². The Morgan fingerprint density at radius 1 is 0.574 bits per heavy atom. The molecule has 10 aliphatic rings. The number of rotatable bonds is 7. The molecule has 0 bridgehead atoms. The SMILES string of the molecule is C1=CCCC(C2=CCC(N(C3CCC(C4CCCCC4)CC3)[C@@H]3CC=C([C@H]4CC[C@@H]5[C@@H](CCC6[C@@H]7CCCCC7N(C7CC=CCC7)[C@@H]65)C4)CC3)C=C2)=C1. The Morgan fingerprint density at radius 3 is 2.19 bits per heavy atom. The van der Waals surface area contributed by atoms with Gasteiger partial charge in [0, 0.05) is 36.3 Å². The Hall–Kier alpha value is -1.64. The van der Waals surface area contributed by atoms with Gasteiger partial charge in [-0.05, 0) is 181 Å². The molecule has 1 heterocycles. The molecule has 4 unspecified atom stereocenters. The number of fused-ring (bicyclic) bond motifs is 5. The summed E-state index contributed by atoms with van der Waals surface area (Å²) in [6, 6.07) is 4.80. The number of hydrogen-bond acceptors (Lipinski definition) is 2. The lowest BCUT2D eigenvalue weighted by molar-refractivity contribution is -0.00183. The second-order valence-corrected chi connectivity index (χ2v) is 20.7. The number of allylic oxidation sites excluding steroid dienone is 8. The van der Waals surface area contributed by atoms with Gasteiger partial charge in [-0.3, -0.25) is 9.80 Å². The van der Waals surface area contributed by atoms with Crippen LogP contribution in [-0.4, -0.2) is 46.1 Å². The molecule has 10 rings (SSSR count). The second-order valence-electron chi connectivity index (χ2n) is 20.7. The second kappa shape index (κ2) is 16.7. The summed E-state index contributed by atoms with van der Waals surface area (Å²) in [5, 5.41) is 0. The minimum Gasteiger partial charge on any atom is -0.293 e. The average molecular weight is 729 g/mol. The molecule has 0 N–H and O–H groups in total. The lowest BCUT2D eigenvalue weighted by atomic mass is 9.59. The van der Waals surface area contributed by atoms with Crippen LogP contribution in [0.15, 0.2) is 71.4 Å². The van der Waals surface area contributed by atoms with E-state index in [0.717, 1.165) is 71.6 Å². The fourth-order valence-electron chi connectivity index (χ4n) is 15.7. The molecular formula is C52H76N2. The molecule has 1 aliphatic heterocycles. The van der Waals surface area contributed by atoms with Crippen LogP contribution in [0.5, 0.6) is 0 Å². The van der Waals surface area contributed by atoms with Crippen LogP contribution in [0.4, 0.5) is 0 Å². The van der Waals surface area contributed by atoms with Crippen molar-refractivity contribution >= 4 is 0 Å². The highest BCUT2D eigenvalue weighted by atomic mass is 15.3. The molecule has 0 radical (unpaired) electrons. The van der Waals surface area contributed by atoms with E-state index in [9.17, 15) is 0 Å². The van der Waals surface area contributed by atoms with Gasteiger partial charge in [0.25, 0.3) is 0 Å². The summed E-state index contributed by atoms with van der Waals surface area (Å²) >= 11 is 0. The summed E-state index contributed by atoms with van der Waals surface area (Å²) in [6.45, 7) is 0. The van der Waals surface area contributed by atoms with Crippen LogP contribution in [0.1, 0.15) is 173 Å². The van der Waals surface area contributed by atoms with Crippen LogP contribution >= 0.6 is 0 Å². The molecule has 0 amide bonds. The van der Waals surface area contributed by atoms with Crippen molar-refractivity contribution in [1.82, 2.24) is 9.80 Å². The fraction of sp³-hybridized carbons (Fsp3) is 0.769. The van der Waals surface area contributed by atoms with Gasteiger partial charge in [-0.15, -0.1) is 0 Å². The summed E-state index contributed by atoms with van der Waals surface area (Å²) in [4.78, 5) is 6.40. The molecular weight excluding hydrogens is 653 g/mol. The van der Waals surface area contributed by atoms with Crippen molar-refractivity contribution in [3.8, 4) is 0 Å². The maximum Gasteiger partial charge on any atom is 0.0322 e. The normalized spacial score (nSPS) is 43.2. The summed E-state index contributed by atoms with van der Waals surface area (Å²) in [7, 11) is 0. The van der Waals surface area contributed by atoms with E-state index in [2.05, 4.69) is 64.5 Å². The maximum absolute atomic E-state index is 3.26. The number of hydrogen-bond donors (Lipinski definition) is 0. The van der Waals surface area contributed by atoms with E-state index < -0.39 is 0 Å². The van der Waals surface area contributed by atoms with Gasteiger partial charge in [0.05, 0.1) is 0 Å². The summed E-state index contributed by atoms with van der Waals surface area (Å²) in [5.41, 5.74) is 4.98. The smallest absolute Gasteiger partial charge is 0.0322 e. The van der Waals surface area contributed by atoms with Crippen LogP contribution < -0.4 is 0 Å². The van der Waals surface area contributed by atoms with E-state index in [0.29, 0.717) is 6.04 Å². The van der Waals surface area contributed by atoms with Crippen LogP contribution in [0.3, 0.4) is 0 Å². The highest BCUT2D eigenvalue weighted by Crippen LogP contribution is 2.58. The molecule has 9 aliphatic carbocycles. The van der Waals surface area contributed by atoms with E-state index in [4.69, 9.17) is 0 Å². The van der Waals surface area contributed by atoms with Crippen LogP contribution in [0.25, 0.3) is 0 Å². The van der Waals surface area contributed by atoms with Crippen molar-refractivity contribution in [2.24, 2.45) is 41.4 Å². The molecule has 0 aromatic carbocycles. The summed E-state index contributed by atoms with van der Waals surface area (Å²) in [6.07, 6.45) is 61.7. The zero-order chi connectivity index (χ0) is 35.8. The fourth-order valence-corrected chi connectivity index (χ4v) is 15.7. The minimum absolute atomic E-state index is 0.591. The third-order valence-electron chi connectivity index (χ3n) is 18.2. The van der Waals surface area contributed by atoms with Gasteiger partial charge >= 0.3 is 0 Å². The van der Waals surface area contributed by atoms with Gasteiger partial charge in [-0.2, -0.15) is 0 Å². The minimum atomic E-state index is 0.591. The van der Waals surface area contributed by atoms with Crippen LogP contribution in [0, 0.1) is 41.4 Å². The maximum atomic E-state index is 3.26. The predicted octanol–water partition coefficient (Wildman–Crippen LogP) is 13.2. The van der Waals surface area contributed by atoms with Crippen LogP contribution in [-0.2, 0) is 0 Å². The quantitative estimate of drug-likeness (QED) is 0.241. The Labute approximate surface area is 331 Å². The van der Waals surface area contributed by atoms with Gasteiger partial charge in [0.1, 0.15) is 0 Å². The van der Waals surface area contributed by atoms with Gasteiger partial charge < -0.3 is 0 Å². The number of likely N-dealkylation sites (tertiary alicyclic amines) is 1. The Bertz CT molecular complexity index is 1480. The molecule has 10 atom stereocenters. The summed E-state index contributed by atoms with van der Waals surface area (Å²) < 4.78 is 0. The molecule has 2 heteroatoms. The molecule has 0 aromatic heterocycles. The summed E-state index contributed by atoms with van der Waals surface area (Å²) in [5.74, 6) is 6.98. The largest absolute Gasteiger partial charge is 0.293 e. The lowest BCUT2D eigenvalue weighted by Crippen LogP contribution is -2.53. The monoisotopic (exact) mass is 729 g/mol. The third kappa shape index (κ3) is 7.33. The van der Waals surface area contributed by atoms with E-state index in [1.54, 1.807) is 24.8 Å². The zero-order valence-corrected chi connectivity index (χ0v) is 34.2. The molecule has 1 saturated heterocycles. The van der Waals surface area contributed by atoms with E-state index >= 15 is 0 Å². The number of nitrogens with zero attached hydrogens (tertiary/aromatic N) is 2. The van der Waals surface area contributed by atoms with Gasteiger partial charge in [0.15, 0.2) is 0 Å². The first-order chi connectivity index (χ1) is 26.8. The molecule has 0 spiro atoms. The Balaban J connectivity index is 0.818. The molecule has 2 nitrogen and oxygen atoms in total. The van der Waals surface area contributed by atoms with Crippen molar-refractivity contribution in [2.75, 3.05) is 0 Å². The van der Waals surface area contributed by atoms with Crippen molar-refractivity contribution in [3.63, 3.8) is 0 Å². The topological polar surface area (TPSA) is 6.48 Å². The first kappa shape index (κ1) is 36.7. The Kier molecular flexibility index (Phi) is 11.3. The highest BCUT2D eigenvalue weighted by Gasteiger charge is 2.57. The Morgan fingerprint density at radius 2 is 1.41 bits per heavy atom. The standard InChI is InChI=1S/C52H76N2/c1-4-12-37(13-5-1)39-20-28-45(29-21-39)53(46-30-22-40(23-31-46)38-14-6-2-7-15-38)47-32-24-41(25-33-47)42-26-34-48-43(36-42)27-35-50-49-18-10-11-19-51(49)54(52(48)50)44-16-8-3-9-17-44/h1,3-4,8,12,20-21,24,28,38,40,42-52H,2,5-7,9-11,13-19,22-23,25-27,29-36H2/t40?,42-,43-,44?,45?,46?,47+,48+,49-,50?,51?,52+/m0/s1. The first-order valence-electron chi connectivity index (χ1n) is 24.4. The van der Waals surface area contributed by atoms with Gasteiger partial charge in [-0.25, -0.2) is 0 Å². The van der Waals surface area contributed by atoms with E-state index in [1.807, 2.05) is 5.57 Å². The zero-order valence-electron chi connectivity index (χ0n) is 34.2. The van der Waals surface area contributed by atoms with E-state index in [1.165, 1.54) is 160 Å². The molecule has 5 saturated carbocycles. The van der Waals surface area contributed by atoms with Crippen molar-refractivity contribution in [3.05, 3.63) is 71.4 Å². The predicted molar refractivity (Wildman–Crippen MR) is 227 cm³/mol. The van der Waals surface area contributed by atoms with E-state index in [-0.39, 0.29) is 0 Å². The molecule has 6 fully saturated rings. The van der Waals surface area contributed by atoms with Crippen molar-refractivity contribution in [2.45, 2.75) is 210 Å².